The standard InChI is InChI=1S/C32H30N2O14S4/c1-14-7-8-20(27(9-14)50(39,40)41)29-21-11-26(49(36,37)38)15(2)10-24(21)48-25-13-23(28(12-22(25)29)51(42,43)44)34-31-16(3)30(33-19(6)35)17(4)32(18(31)5)52(45,46)47/h7-13,34H,2H2,1,3-6H3,(H,33,35)(H,36,37,38)(H,39,40,41)(H,42,43,44)(H,45,46,47). The molecule has 4 aromatic carbocycles. The van der Waals surface area contributed by atoms with Crippen molar-refractivity contribution in [2.75, 3.05) is 10.6 Å². The van der Waals surface area contributed by atoms with Crippen molar-refractivity contribution in [3.63, 3.8) is 0 Å². The Labute approximate surface area is 298 Å². The van der Waals surface area contributed by atoms with Crippen molar-refractivity contribution in [3.8, 4) is 11.5 Å². The molecule has 16 nitrogen and oxygen atoms in total. The number of benzene rings is 4. The summed E-state index contributed by atoms with van der Waals surface area (Å²) in [4.78, 5) is 9.19. The van der Waals surface area contributed by atoms with Crippen LogP contribution in [0.25, 0.3) is 12.2 Å². The van der Waals surface area contributed by atoms with Gasteiger partial charge in [0, 0.05) is 40.6 Å². The van der Waals surface area contributed by atoms with Crippen molar-refractivity contribution in [2.45, 2.75) is 54.2 Å². The average molecular weight is 795 g/mol. The maximum Gasteiger partial charge on any atom is 0.296 e. The van der Waals surface area contributed by atoms with Crippen molar-refractivity contribution in [3.05, 3.63) is 86.3 Å². The molecule has 0 unspecified atom stereocenters. The van der Waals surface area contributed by atoms with Crippen molar-refractivity contribution in [1.29, 1.82) is 0 Å². The molecule has 0 aromatic heterocycles. The summed E-state index contributed by atoms with van der Waals surface area (Å²) in [5, 5.41) is 4.82. The van der Waals surface area contributed by atoms with Crippen LogP contribution in [-0.2, 0) is 45.3 Å². The van der Waals surface area contributed by atoms with Crippen LogP contribution in [0.2, 0.25) is 0 Å². The molecule has 0 spiro atoms. The quantitative estimate of drug-likeness (QED) is 0.123. The van der Waals surface area contributed by atoms with Crippen LogP contribution in [0.4, 0.5) is 17.1 Å². The molecule has 0 radical (unpaired) electrons. The maximum atomic E-state index is 13.0. The molecule has 0 fully saturated rings. The predicted molar refractivity (Wildman–Crippen MR) is 188 cm³/mol. The number of nitrogens with one attached hydrogen (secondary N) is 2. The molecule has 52 heavy (non-hydrogen) atoms. The lowest BCUT2D eigenvalue weighted by atomic mass is 9.91. The largest absolute Gasteiger partial charge is 0.456 e. The van der Waals surface area contributed by atoms with Gasteiger partial charge in [0.1, 0.15) is 31.1 Å². The van der Waals surface area contributed by atoms with Gasteiger partial charge >= 0.3 is 0 Å². The van der Waals surface area contributed by atoms with Gasteiger partial charge < -0.3 is 15.4 Å². The normalized spacial score (nSPS) is 13.2. The number of rotatable bonds is 8. The summed E-state index contributed by atoms with van der Waals surface area (Å²) in [6.07, 6.45) is 0. The number of anilines is 3. The Balaban J connectivity index is 1.94. The Hall–Kier alpha value is -4.67. The summed E-state index contributed by atoms with van der Waals surface area (Å²) < 4.78 is 148. The van der Waals surface area contributed by atoms with Gasteiger partial charge in [-0.3, -0.25) is 23.0 Å². The summed E-state index contributed by atoms with van der Waals surface area (Å²) in [5.74, 6) is -0.985. The molecule has 4 aromatic rings. The van der Waals surface area contributed by atoms with Gasteiger partial charge in [0.2, 0.25) is 5.91 Å². The number of carbonyl (C=O) groups is 1. The lowest BCUT2D eigenvalue weighted by Crippen LogP contribution is -2.25. The second-order valence-electron chi connectivity index (χ2n) is 11.9. The fraction of sp³-hybridized carbons (Fsp3) is 0.156. The highest BCUT2D eigenvalue weighted by Gasteiger charge is 2.32. The molecule has 6 N–H and O–H groups in total. The fourth-order valence-corrected chi connectivity index (χ4v) is 9.22. The van der Waals surface area contributed by atoms with Gasteiger partial charge in [-0.15, -0.1) is 0 Å². The van der Waals surface area contributed by atoms with Crippen LogP contribution in [0.3, 0.4) is 0 Å². The molecular weight excluding hydrogens is 765 g/mol. The smallest absolute Gasteiger partial charge is 0.296 e. The van der Waals surface area contributed by atoms with Crippen molar-refractivity contribution in [2.24, 2.45) is 0 Å². The van der Waals surface area contributed by atoms with Gasteiger partial charge in [-0.05, 0) is 79.4 Å². The van der Waals surface area contributed by atoms with Crippen LogP contribution in [0.1, 0.15) is 40.3 Å². The lowest BCUT2D eigenvalue weighted by molar-refractivity contribution is -0.114. The highest BCUT2D eigenvalue weighted by atomic mass is 32.2. The van der Waals surface area contributed by atoms with E-state index in [1.54, 1.807) is 0 Å². The highest BCUT2D eigenvalue weighted by Crippen LogP contribution is 2.45. The molecule has 0 saturated heterocycles. The fourth-order valence-electron chi connectivity index (χ4n) is 6.14. The van der Waals surface area contributed by atoms with Gasteiger partial charge in [-0.1, -0.05) is 18.7 Å². The molecule has 1 aliphatic heterocycles. The number of carbonyl (C=O) groups excluding carboxylic acids is 1. The van der Waals surface area contributed by atoms with Crippen LogP contribution in [-0.4, -0.2) is 57.8 Å². The highest BCUT2D eigenvalue weighted by molar-refractivity contribution is 7.86. The first kappa shape index (κ1) is 38.6. The number of hydrogen-bond donors (Lipinski definition) is 6. The average Bonchev–Trinajstić information content (AvgIpc) is 2.97. The minimum Gasteiger partial charge on any atom is -0.456 e. The summed E-state index contributed by atoms with van der Waals surface area (Å²) >= 11 is 0. The summed E-state index contributed by atoms with van der Waals surface area (Å²) in [7, 11) is -20.1. The SMILES string of the molecule is C=c1cc2c(cc1S(=O)(=O)O)=C(c1ccc(C)cc1S(=O)(=O)O)c1cc(S(=O)(=O)O)c(Nc3c(C)c(NC(C)=O)c(C)c(S(=O)(=O)O)c3C)cc1O2. The lowest BCUT2D eigenvalue weighted by Gasteiger charge is -2.26. The topological polar surface area (TPSA) is 268 Å². The van der Waals surface area contributed by atoms with E-state index < -0.39 is 71.6 Å². The molecule has 0 saturated carbocycles. The number of ether oxygens (including phenoxy) is 1. The van der Waals surface area contributed by atoms with Crippen molar-refractivity contribution < 1.29 is 61.4 Å². The predicted octanol–water partition coefficient (Wildman–Crippen LogP) is 3.37. The first-order valence-electron chi connectivity index (χ1n) is 14.6. The van der Waals surface area contributed by atoms with E-state index in [-0.39, 0.29) is 66.7 Å². The van der Waals surface area contributed by atoms with Crippen molar-refractivity contribution in [1.82, 2.24) is 0 Å². The van der Waals surface area contributed by atoms with Crippen LogP contribution in [0.15, 0.2) is 62.0 Å². The summed E-state index contributed by atoms with van der Waals surface area (Å²) in [5.41, 5.74) is -0.873. The molecule has 1 amide bonds. The van der Waals surface area contributed by atoms with E-state index in [0.717, 1.165) is 37.3 Å². The van der Waals surface area contributed by atoms with E-state index in [1.165, 1.54) is 39.8 Å². The maximum absolute atomic E-state index is 13.0. The Morgan fingerprint density at radius 1 is 0.654 bits per heavy atom. The third-order valence-corrected chi connectivity index (χ3v) is 12.1. The van der Waals surface area contributed by atoms with Gasteiger partial charge in [0.25, 0.3) is 40.5 Å². The van der Waals surface area contributed by atoms with Crippen molar-refractivity contribution >= 4 is 75.6 Å². The Bertz CT molecular complexity index is 2850. The molecule has 1 heterocycles. The van der Waals surface area contributed by atoms with E-state index in [4.69, 9.17) is 4.74 Å². The first-order chi connectivity index (χ1) is 23.7. The van der Waals surface area contributed by atoms with E-state index in [0.29, 0.717) is 5.56 Å². The first-order valence-corrected chi connectivity index (χ1v) is 20.4. The Kier molecular flexibility index (Phi) is 9.47. The Morgan fingerprint density at radius 2 is 1.23 bits per heavy atom. The van der Waals surface area contributed by atoms with Crippen LogP contribution in [0.5, 0.6) is 11.5 Å². The van der Waals surface area contributed by atoms with Gasteiger partial charge in [0.15, 0.2) is 0 Å². The molecule has 0 aliphatic carbocycles. The summed E-state index contributed by atoms with van der Waals surface area (Å²) in [6.45, 7) is 10.4. The van der Waals surface area contributed by atoms with Gasteiger partial charge in [0.05, 0.1) is 11.4 Å². The molecule has 0 atom stereocenters. The van der Waals surface area contributed by atoms with Gasteiger partial charge in [-0.25, -0.2) is 0 Å². The number of amides is 1. The number of fused-ring (bicyclic) bond motifs is 2. The van der Waals surface area contributed by atoms with E-state index in [9.17, 15) is 56.7 Å². The minimum absolute atomic E-state index is 0.0288. The van der Waals surface area contributed by atoms with Gasteiger partial charge in [-0.2, -0.15) is 33.7 Å². The molecule has 276 valence electrons. The molecular formula is C32H30N2O14S4. The third kappa shape index (κ3) is 7.06. The van der Waals surface area contributed by atoms with Crippen LogP contribution >= 0.6 is 0 Å². The molecule has 0 bridgehead atoms. The van der Waals surface area contributed by atoms with E-state index in [2.05, 4.69) is 17.2 Å². The zero-order valence-electron chi connectivity index (χ0n) is 27.8. The number of hydrogen-bond acceptors (Lipinski definition) is 11. The second-order valence-corrected chi connectivity index (χ2v) is 17.5. The zero-order chi connectivity index (χ0) is 39.0. The van der Waals surface area contributed by atoms with Crippen LogP contribution in [0, 0.1) is 27.7 Å². The van der Waals surface area contributed by atoms with E-state index >= 15 is 0 Å². The minimum atomic E-state index is -5.24. The number of aryl methyl sites for hydroxylation is 1. The zero-order valence-corrected chi connectivity index (χ0v) is 31.0. The summed E-state index contributed by atoms with van der Waals surface area (Å²) in [6, 6.07) is 7.77. The Morgan fingerprint density at radius 3 is 1.77 bits per heavy atom. The molecule has 1 aliphatic rings. The third-order valence-electron chi connectivity index (χ3n) is 8.24. The van der Waals surface area contributed by atoms with Crippen LogP contribution < -0.4 is 25.8 Å². The van der Waals surface area contributed by atoms with E-state index in [1.807, 2.05) is 0 Å². The monoisotopic (exact) mass is 794 g/mol. The molecule has 5 rings (SSSR count). The second kappa shape index (κ2) is 12.8. The molecule has 20 heteroatoms.